The molecule has 1 aliphatic heterocycles. The van der Waals surface area contributed by atoms with Crippen LogP contribution < -0.4 is 5.32 Å². The smallest absolute Gasteiger partial charge is 0.307 e. The minimum Gasteiger partial charge on any atom is -0.481 e. The van der Waals surface area contributed by atoms with Gasteiger partial charge in [-0.05, 0) is 30.2 Å². The number of carboxylic acid groups (broad SMARTS) is 1. The molecule has 0 bridgehead atoms. The van der Waals surface area contributed by atoms with Crippen molar-refractivity contribution in [2.45, 2.75) is 19.5 Å². The Hall–Kier alpha value is -2.80. The van der Waals surface area contributed by atoms with E-state index in [0.29, 0.717) is 32.6 Å². The molecule has 1 aliphatic rings. The number of likely N-dealkylation sites (tertiary alicyclic amines) is 1. The Labute approximate surface area is 152 Å². The molecule has 136 valence electrons. The van der Waals surface area contributed by atoms with Gasteiger partial charge in [0.2, 0.25) is 5.91 Å². The van der Waals surface area contributed by atoms with Crippen LogP contribution in [0.15, 0.2) is 48.9 Å². The van der Waals surface area contributed by atoms with Gasteiger partial charge in [-0.3, -0.25) is 24.5 Å². The summed E-state index contributed by atoms with van der Waals surface area (Å²) in [6.45, 7) is 1.88. The van der Waals surface area contributed by atoms with Gasteiger partial charge in [0.25, 0.3) is 0 Å². The molecule has 0 saturated carbocycles. The molecule has 0 radical (unpaired) electrons. The quantitative estimate of drug-likeness (QED) is 0.812. The highest BCUT2D eigenvalue weighted by atomic mass is 16.4. The van der Waals surface area contributed by atoms with Gasteiger partial charge in [0.15, 0.2) is 0 Å². The van der Waals surface area contributed by atoms with E-state index in [0.717, 1.165) is 11.3 Å². The molecule has 0 unspecified atom stereocenters. The molecule has 0 spiro atoms. The predicted molar refractivity (Wildman–Crippen MR) is 94.8 cm³/mol. The SMILES string of the molecule is O=C(O)[C@@H]1C[C@H](C(=O)NCc2cccnc2)CN(Cc2ccccn2)C1. The number of hydrogen-bond acceptors (Lipinski definition) is 5. The lowest BCUT2D eigenvalue weighted by atomic mass is 9.88. The van der Waals surface area contributed by atoms with E-state index in [1.54, 1.807) is 18.6 Å². The third-order valence-electron chi connectivity index (χ3n) is 4.55. The second-order valence-electron chi connectivity index (χ2n) is 6.56. The van der Waals surface area contributed by atoms with Crippen LogP contribution in [0.3, 0.4) is 0 Å². The van der Waals surface area contributed by atoms with Crippen molar-refractivity contribution in [3.8, 4) is 0 Å². The molecule has 1 fully saturated rings. The average molecular weight is 354 g/mol. The first-order chi connectivity index (χ1) is 12.6. The molecule has 7 nitrogen and oxygen atoms in total. The van der Waals surface area contributed by atoms with Gasteiger partial charge in [-0.25, -0.2) is 0 Å². The zero-order valence-corrected chi connectivity index (χ0v) is 14.4. The Bertz CT molecular complexity index is 739. The van der Waals surface area contributed by atoms with Crippen molar-refractivity contribution in [1.82, 2.24) is 20.2 Å². The number of carbonyl (C=O) groups is 2. The Morgan fingerprint density at radius 3 is 2.69 bits per heavy atom. The summed E-state index contributed by atoms with van der Waals surface area (Å²) in [5.41, 5.74) is 1.78. The third-order valence-corrected chi connectivity index (χ3v) is 4.55. The zero-order chi connectivity index (χ0) is 18.4. The van der Waals surface area contributed by atoms with Crippen LogP contribution in [0.1, 0.15) is 17.7 Å². The molecule has 1 amide bonds. The van der Waals surface area contributed by atoms with Gasteiger partial charge >= 0.3 is 5.97 Å². The lowest BCUT2D eigenvalue weighted by molar-refractivity contribution is -0.145. The number of hydrogen-bond donors (Lipinski definition) is 2. The Morgan fingerprint density at radius 2 is 2.00 bits per heavy atom. The Morgan fingerprint density at radius 1 is 1.15 bits per heavy atom. The minimum absolute atomic E-state index is 0.120. The molecule has 3 rings (SSSR count). The summed E-state index contributed by atoms with van der Waals surface area (Å²) in [6, 6.07) is 9.36. The summed E-state index contributed by atoms with van der Waals surface area (Å²) >= 11 is 0. The number of aliphatic carboxylic acids is 1. The maximum atomic E-state index is 12.6. The van der Waals surface area contributed by atoms with Crippen molar-refractivity contribution < 1.29 is 14.7 Å². The summed E-state index contributed by atoms with van der Waals surface area (Å²) in [4.78, 5) is 34.4. The highest BCUT2D eigenvalue weighted by Crippen LogP contribution is 2.24. The van der Waals surface area contributed by atoms with E-state index in [4.69, 9.17) is 0 Å². The fraction of sp³-hybridized carbons (Fsp3) is 0.368. The van der Waals surface area contributed by atoms with E-state index in [2.05, 4.69) is 15.3 Å². The lowest BCUT2D eigenvalue weighted by Gasteiger charge is -2.35. The van der Waals surface area contributed by atoms with Crippen LogP contribution in [0.2, 0.25) is 0 Å². The Kier molecular flexibility index (Phi) is 5.91. The van der Waals surface area contributed by atoms with Gasteiger partial charge in [-0.2, -0.15) is 0 Å². The van der Waals surface area contributed by atoms with E-state index in [1.165, 1.54) is 0 Å². The van der Waals surface area contributed by atoms with Gasteiger partial charge < -0.3 is 10.4 Å². The third kappa shape index (κ3) is 4.86. The number of nitrogens with one attached hydrogen (secondary N) is 1. The molecule has 7 heteroatoms. The zero-order valence-electron chi connectivity index (χ0n) is 14.4. The summed E-state index contributed by atoms with van der Waals surface area (Å²) in [5.74, 6) is -1.89. The molecular formula is C19H22N4O3. The van der Waals surface area contributed by atoms with Crippen molar-refractivity contribution in [3.63, 3.8) is 0 Å². The molecule has 2 atom stereocenters. The highest BCUT2D eigenvalue weighted by Gasteiger charge is 2.35. The second kappa shape index (κ2) is 8.53. The van der Waals surface area contributed by atoms with Gasteiger partial charge in [-0.1, -0.05) is 12.1 Å². The first-order valence-electron chi connectivity index (χ1n) is 8.63. The largest absolute Gasteiger partial charge is 0.481 e. The van der Waals surface area contributed by atoms with Crippen LogP contribution in [-0.4, -0.2) is 44.9 Å². The van der Waals surface area contributed by atoms with E-state index in [1.807, 2.05) is 35.2 Å². The molecule has 0 aliphatic carbocycles. The second-order valence-corrected chi connectivity index (χ2v) is 6.56. The molecule has 1 saturated heterocycles. The van der Waals surface area contributed by atoms with Crippen LogP contribution in [0.5, 0.6) is 0 Å². The normalized spacial score (nSPS) is 20.5. The van der Waals surface area contributed by atoms with Crippen molar-refractivity contribution in [1.29, 1.82) is 0 Å². The number of piperidine rings is 1. The first kappa shape index (κ1) is 18.0. The number of aromatic nitrogens is 2. The highest BCUT2D eigenvalue weighted by molar-refractivity contribution is 5.80. The summed E-state index contributed by atoms with van der Waals surface area (Å²) in [6.07, 6.45) is 5.45. The van der Waals surface area contributed by atoms with Crippen molar-refractivity contribution in [2.24, 2.45) is 11.8 Å². The van der Waals surface area contributed by atoms with Gasteiger partial charge in [0.1, 0.15) is 0 Å². The van der Waals surface area contributed by atoms with Crippen molar-refractivity contribution >= 4 is 11.9 Å². The number of amides is 1. The van der Waals surface area contributed by atoms with Gasteiger partial charge in [0, 0.05) is 44.8 Å². The maximum Gasteiger partial charge on any atom is 0.307 e. The molecule has 26 heavy (non-hydrogen) atoms. The maximum absolute atomic E-state index is 12.6. The van der Waals surface area contributed by atoms with E-state index in [-0.39, 0.29) is 11.8 Å². The fourth-order valence-corrected chi connectivity index (χ4v) is 3.25. The topological polar surface area (TPSA) is 95.4 Å². The van der Waals surface area contributed by atoms with E-state index >= 15 is 0 Å². The molecule has 2 N–H and O–H groups in total. The van der Waals surface area contributed by atoms with Crippen LogP contribution in [0.4, 0.5) is 0 Å². The molecule has 3 heterocycles. The van der Waals surface area contributed by atoms with Crippen LogP contribution in [0, 0.1) is 11.8 Å². The number of carbonyl (C=O) groups excluding carboxylic acids is 1. The Balaban J connectivity index is 1.63. The molecule has 0 aromatic carbocycles. The fourth-order valence-electron chi connectivity index (χ4n) is 3.25. The van der Waals surface area contributed by atoms with E-state index in [9.17, 15) is 14.7 Å². The number of carboxylic acids is 1. The van der Waals surface area contributed by atoms with Crippen molar-refractivity contribution in [2.75, 3.05) is 13.1 Å². The number of rotatable bonds is 6. The summed E-state index contributed by atoms with van der Waals surface area (Å²) in [7, 11) is 0. The lowest BCUT2D eigenvalue weighted by Crippen LogP contribution is -2.47. The summed E-state index contributed by atoms with van der Waals surface area (Å²) in [5, 5.41) is 12.3. The number of pyridine rings is 2. The van der Waals surface area contributed by atoms with Crippen molar-refractivity contribution in [3.05, 3.63) is 60.2 Å². The predicted octanol–water partition coefficient (Wildman–Crippen LogP) is 1.32. The molecule has 2 aromatic heterocycles. The summed E-state index contributed by atoms with van der Waals surface area (Å²) < 4.78 is 0. The van der Waals surface area contributed by atoms with Crippen LogP contribution in [-0.2, 0) is 22.7 Å². The monoisotopic (exact) mass is 354 g/mol. The van der Waals surface area contributed by atoms with Crippen LogP contribution in [0.25, 0.3) is 0 Å². The standard InChI is InChI=1S/C19H22N4O3/c24-18(22-10-14-4-3-6-20-9-14)15-8-16(19(25)26)12-23(11-15)13-17-5-1-2-7-21-17/h1-7,9,15-16H,8,10-13H2,(H,22,24)(H,25,26)/t15-,16+/m0/s1. The van der Waals surface area contributed by atoms with Gasteiger partial charge in [0.05, 0.1) is 17.5 Å². The minimum atomic E-state index is -0.860. The molecular weight excluding hydrogens is 332 g/mol. The molecule has 2 aromatic rings. The van der Waals surface area contributed by atoms with Crippen LogP contribution >= 0.6 is 0 Å². The van der Waals surface area contributed by atoms with E-state index < -0.39 is 11.9 Å². The number of nitrogens with zero attached hydrogens (tertiary/aromatic N) is 3. The first-order valence-corrected chi connectivity index (χ1v) is 8.63. The average Bonchev–Trinajstić information content (AvgIpc) is 2.67. The van der Waals surface area contributed by atoms with Gasteiger partial charge in [-0.15, -0.1) is 0 Å².